The topological polar surface area (TPSA) is 47.6 Å². The van der Waals surface area contributed by atoms with E-state index in [9.17, 15) is 4.79 Å². The number of benzene rings is 2. The molecule has 0 spiro atoms. The highest BCUT2D eigenvalue weighted by Gasteiger charge is 2.09. The van der Waals surface area contributed by atoms with Gasteiger partial charge in [-0.15, -0.1) is 0 Å². The van der Waals surface area contributed by atoms with Crippen molar-refractivity contribution in [2.24, 2.45) is 0 Å². The predicted molar refractivity (Wildman–Crippen MR) is 95.1 cm³/mol. The molecule has 128 valence electrons. The summed E-state index contributed by atoms with van der Waals surface area (Å²) in [7, 11) is 1.36. The molecule has 0 aliphatic heterocycles. The first-order valence-corrected chi connectivity index (χ1v) is 8.05. The fourth-order valence-electron chi connectivity index (χ4n) is 2.62. The van der Waals surface area contributed by atoms with Gasteiger partial charge in [-0.1, -0.05) is 42.0 Å². The SMILES string of the molecule is COC(=O)COc1c(C)cc(CNCc2ccc(C)cc2)cc1C. The van der Waals surface area contributed by atoms with Crippen LogP contribution in [-0.4, -0.2) is 19.7 Å². The molecule has 0 unspecified atom stereocenters. The Morgan fingerprint density at radius 2 is 1.54 bits per heavy atom. The predicted octanol–water partition coefficient (Wildman–Crippen LogP) is 3.45. The lowest BCUT2D eigenvalue weighted by atomic mass is 10.1. The Kier molecular flexibility index (Phi) is 6.38. The van der Waals surface area contributed by atoms with Crippen molar-refractivity contribution >= 4 is 5.97 Å². The van der Waals surface area contributed by atoms with Gasteiger partial charge in [0.15, 0.2) is 6.61 Å². The molecule has 0 aliphatic rings. The summed E-state index contributed by atoms with van der Waals surface area (Å²) in [5, 5.41) is 3.46. The number of aryl methyl sites for hydroxylation is 3. The maximum Gasteiger partial charge on any atom is 0.343 e. The summed E-state index contributed by atoms with van der Waals surface area (Å²) < 4.78 is 10.2. The van der Waals surface area contributed by atoms with Crippen molar-refractivity contribution < 1.29 is 14.3 Å². The first-order valence-electron chi connectivity index (χ1n) is 8.05. The molecule has 0 radical (unpaired) electrons. The van der Waals surface area contributed by atoms with Crippen LogP contribution in [0.3, 0.4) is 0 Å². The van der Waals surface area contributed by atoms with E-state index in [1.165, 1.54) is 23.8 Å². The van der Waals surface area contributed by atoms with Crippen molar-refractivity contribution in [3.63, 3.8) is 0 Å². The molecule has 0 atom stereocenters. The van der Waals surface area contributed by atoms with Crippen LogP contribution >= 0.6 is 0 Å². The summed E-state index contributed by atoms with van der Waals surface area (Å²) in [6.45, 7) is 7.62. The van der Waals surface area contributed by atoms with E-state index in [4.69, 9.17) is 4.74 Å². The molecular weight excluding hydrogens is 302 g/mol. The number of ether oxygens (including phenoxy) is 2. The molecule has 0 aliphatic carbocycles. The van der Waals surface area contributed by atoms with Gasteiger partial charge < -0.3 is 14.8 Å². The van der Waals surface area contributed by atoms with Gasteiger partial charge in [0, 0.05) is 13.1 Å². The molecule has 24 heavy (non-hydrogen) atoms. The molecule has 0 saturated carbocycles. The van der Waals surface area contributed by atoms with E-state index in [2.05, 4.69) is 53.4 Å². The molecule has 1 N–H and O–H groups in total. The van der Waals surface area contributed by atoms with Crippen LogP contribution in [0.5, 0.6) is 5.75 Å². The minimum atomic E-state index is -0.377. The molecule has 0 saturated heterocycles. The van der Waals surface area contributed by atoms with Crippen LogP contribution in [0.25, 0.3) is 0 Å². The fraction of sp³-hybridized carbons (Fsp3) is 0.350. The van der Waals surface area contributed by atoms with Crippen LogP contribution in [0, 0.1) is 20.8 Å². The molecule has 4 heteroatoms. The summed E-state index contributed by atoms with van der Waals surface area (Å²) in [5.41, 5.74) is 5.78. The third-order valence-electron chi connectivity index (χ3n) is 3.86. The number of esters is 1. The van der Waals surface area contributed by atoms with E-state index in [-0.39, 0.29) is 12.6 Å². The van der Waals surface area contributed by atoms with Crippen molar-refractivity contribution in [3.8, 4) is 5.75 Å². The lowest BCUT2D eigenvalue weighted by Crippen LogP contribution is -2.15. The van der Waals surface area contributed by atoms with E-state index in [0.717, 1.165) is 30.0 Å². The Morgan fingerprint density at radius 3 is 2.12 bits per heavy atom. The molecule has 0 heterocycles. The molecule has 2 aromatic carbocycles. The fourth-order valence-corrected chi connectivity index (χ4v) is 2.62. The second kappa shape index (κ2) is 8.50. The third kappa shape index (κ3) is 5.10. The quantitative estimate of drug-likeness (QED) is 0.791. The van der Waals surface area contributed by atoms with Gasteiger partial charge in [-0.05, 0) is 43.0 Å². The van der Waals surface area contributed by atoms with Crippen LogP contribution in [-0.2, 0) is 22.6 Å². The van der Waals surface area contributed by atoms with Crippen LogP contribution in [0.1, 0.15) is 27.8 Å². The van der Waals surface area contributed by atoms with E-state index >= 15 is 0 Å². The summed E-state index contributed by atoms with van der Waals surface area (Å²) in [6.07, 6.45) is 0. The maximum atomic E-state index is 11.2. The van der Waals surface area contributed by atoms with Gasteiger partial charge in [-0.3, -0.25) is 0 Å². The number of methoxy groups -OCH3 is 1. The number of rotatable bonds is 7. The van der Waals surface area contributed by atoms with Gasteiger partial charge >= 0.3 is 5.97 Å². The highest BCUT2D eigenvalue weighted by molar-refractivity contribution is 5.71. The standard InChI is InChI=1S/C20H25NO3/c1-14-5-7-17(8-6-14)11-21-12-18-9-15(2)20(16(3)10-18)24-13-19(22)23-4/h5-10,21H,11-13H2,1-4H3. The minimum absolute atomic E-state index is 0.0663. The van der Waals surface area contributed by atoms with Crippen molar-refractivity contribution in [1.29, 1.82) is 0 Å². The minimum Gasteiger partial charge on any atom is -0.481 e. The normalized spacial score (nSPS) is 10.5. The average molecular weight is 327 g/mol. The van der Waals surface area contributed by atoms with Crippen molar-refractivity contribution in [2.45, 2.75) is 33.9 Å². The summed E-state index contributed by atoms with van der Waals surface area (Å²) >= 11 is 0. The van der Waals surface area contributed by atoms with Crippen molar-refractivity contribution in [1.82, 2.24) is 5.32 Å². The lowest BCUT2D eigenvalue weighted by molar-refractivity contribution is -0.142. The van der Waals surface area contributed by atoms with E-state index < -0.39 is 0 Å². The highest BCUT2D eigenvalue weighted by atomic mass is 16.6. The number of hydrogen-bond acceptors (Lipinski definition) is 4. The Hall–Kier alpha value is -2.33. The Labute approximate surface area is 143 Å². The number of carbonyl (C=O) groups is 1. The lowest BCUT2D eigenvalue weighted by Gasteiger charge is -2.14. The number of carbonyl (C=O) groups excluding carboxylic acids is 1. The van der Waals surface area contributed by atoms with Crippen LogP contribution in [0.4, 0.5) is 0 Å². The highest BCUT2D eigenvalue weighted by Crippen LogP contribution is 2.25. The largest absolute Gasteiger partial charge is 0.481 e. The molecule has 0 amide bonds. The Balaban J connectivity index is 1.94. The third-order valence-corrected chi connectivity index (χ3v) is 3.86. The zero-order valence-electron chi connectivity index (χ0n) is 14.8. The van der Waals surface area contributed by atoms with Gasteiger partial charge in [0.25, 0.3) is 0 Å². The monoisotopic (exact) mass is 327 g/mol. The smallest absolute Gasteiger partial charge is 0.343 e. The van der Waals surface area contributed by atoms with E-state index in [0.29, 0.717) is 0 Å². The summed E-state index contributed by atoms with van der Waals surface area (Å²) in [6, 6.07) is 12.7. The summed E-state index contributed by atoms with van der Waals surface area (Å²) in [4.78, 5) is 11.2. The van der Waals surface area contributed by atoms with Gasteiger partial charge in [0.05, 0.1) is 7.11 Å². The Bertz CT molecular complexity index is 670. The molecule has 0 bridgehead atoms. The number of hydrogen-bond donors (Lipinski definition) is 1. The van der Waals surface area contributed by atoms with Gasteiger partial charge in [-0.2, -0.15) is 0 Å². The molecule has 2 rings (SSSR count). The van der Waals surface area contributed by atoms with Crippen LogP contribution < -0.4 is 10.1 Å². The zero-order chi connectivity index (χ0) is 17.5. The van der Waals surface area contributed by atoms with Crippen LogP contribution in [0.15, 0.2) is 36.4 Å². The van der Waals surface area contributed by atoms with Gasteiger partial charge in [0.1, 0.15) is 5.75 Å². The van der Waals surface area contributed by atoms with Gasteiger partial charge in [0.2, 0.25) is 0 Å². The van der Waals surface area contributed by atoms with Crippen LogP contribution in [0.2, 0.25) is 0 Å². The number of nitrogens with one attached hydrogen (secondary N) is 1. The zero-order valence-corrected chi connectivity index (χ0v) is 14.8. The molecule has 0 fully saturated rings. The molecule has 2 aromatic rings. The van der Waals surface area contributed by atoms with E-state index in [1.54, 1.807) is 0 Å². The second-order valence-electron chi connectivity index (χ2n) is 6.01. The molecule has 0 aromatic heterocycles. The average Bonchev–Trinajstić information content (AvgIpc) is 2.55. The first kappa shape index (κ1) is 18.0. The van der Waals surface area contributed by atoms with Crippen molar-refractivity contribution in [3.05, 3.63) is 64.2 Å². The van der Waals surface area contributed by atoms with Crippen molar-refractivity contribution in [2.75, 3.05) is 13.7 Å². The van der Waals surface area contributed by atoms with Gasteiger partial charge in [-0.25, -0.2) is 4.79 Å². The molecular formula is C20H25NO3. The summed E-state index contributed by atoms with van der Waals surface area (Å²) in [5.74, 6) is 0.375. The maximum absolute atomic E-state index is 11.2. The van der Waals surface area contributed by atoms with E-state index in [1.807, 2.05) is 13.8 Å². The first-order chi connectivity index (χ1) is 11.5. The Morgan fingerprint density at radius 1 is 0.958 bits per heavy atom. The second-order valence-corrected chi connectivity index (χ2v) is 6.01. The molecule has 4 nitrogen and oxygen atoms in total.